The molecule has 1 amide bonds. The predicted octanol–water partition coefficient (Wildman–Crippen LogP) is 3.53. The molecule has 7 nitrogen and oxygen atoms in total. The Hall–Kier alpha value is -2.85. The molecule has 2 aromatic rings. The summed E-state index contributed by atoms with van der Waals surface area (Å²) in [7, 11) is 1.31. The zero-order chi connectivity index (χ0) is 22.9. The van der Waals surface area contributed by atoms with Gasteiger partial charge in [-0.05, 0) is 37.3 Å². The lowest BCUT2D eigenvalue weighted by molar-refractivity contribution is -0.189. The molecule has 2 saturated heterocycles. The van der Waals surface area contributed by atoms with Crippen molar-refractivity contribution in [3.05, 3.63) is 53.9 Å². The van der Waals surface area contributed by atoms with E-state index in [0.717, 1.165) is 12.6 Å². The van der Waals surface area contributed by atoms with Crippen LogP contribution >= 0.6 is 0 Å². The number of piperidine rings is 1. The fourth-order valence-electron chi connectivity index (χ4n) is 3.98. The highest BCUT2D eigenvalue weighted by atomic mass is 19.4. The van der Waals surface area contributed by atoms with Crippen LogP contribution in [0.4, 0.5) is 13.2 Å². The molecule has 4 rings (SSSR count). The van der Waals surface area contributed by atoms with Crippen molar-refractivity contribution in [2.45, 2.75) is 37.3 Å². The maximum atomic E-state index is 13.1. The molecule has 2 fully saturated rings. The number of carbonyl (C=O) groups is 1. The van der Waals surface area contributed by atoms with E-state index in [1.54, 1.807) is 11.1 Å². The number of fused-ring (bicyclic) bond motifs is 1. The van der Waals surface area contributed by atoms with Crippen molar-refractivity contribution < 1.29 is 36.9 Å². The molecule has 3 atom stereocenters. The zero-order valence-corrected chi connectivity index (χ0v) is 17.6. The summed E-state index contributed by atoms with van der Waals surface area (Å²) in [5.74, 6) is -0.328. The lowest BCUT2D eigenvalue weighted by Gasteiger charge is -2.41. The third kappa shape index (κ3) is 4.12. The number of nitrogens with zero attached hydrogens (tertiary/aromatic N) is 2. The summed E-state index contributed by atoms with van der Waals surface area (Å²) in [6, 6.07) is 9.70. The van der Waals surface area contributed by atoms with Crippen LogP contribution in [-0.2, 0) is 15.1 Å². The van der Waals surface area contributed by atoms with Gasteiger partial charge < -0.3 is 23.8 Å². The third-order valence-electron chi connectivity index (χ3n) is 5.81. The number of amides is 1. The van der Waals surface area contributed by atoms with E-state index in [2.05, 4.69) is 4.98 Å². The van der Waals surface area contributed by atoms with Crippen molar-refractivity contribution in [2.24, 2.45) is 0 Å². The van der Waals surface area contributed by atoms with Crippen molar-refractivity contribution in [1.29, 1.82) is 0 Å². The summed E-state index contributed by atoms with van der Waals surface area (Å²) in [5, 5.41) is 0. The van der Waals surface area contributed by atoms with Crippen molar-refractivity contribution in [3.63, 3.8) is 0 Å². The van der Waals surface area contributed by atoms with Gasteiger partial charge in [0.1, 0.15) is 18.5 Å². The van der Waals surface area contributed by atoms with Crippen molar-refractivity contribution >= 4 is 5.91 Å². The first kappa shape index (κ1) is 22.3. The number of aromatic nitrogens is 1. The van der Waals surface area contributed by atoms with E-state index < -0.39 is 17.9 Å². The van der Waals surface area contributed by atoms with Crippen molar-refractivity contribution in [1.82, 2.24) is 9.88 Å². The number of alkyl halides is 3. The number of halogens is 3. The average molecular weight is 452 g/mol. The van der Waals surface area contributed by atoms with Crippen LogP contribution in [0.15, 0.2) is 42.6 Å². The van der Waals surface area contributed by atoms with Gasteiger partial charge in [-0.1, -0.05) is 6.07 Å². The number of carbonyl (C=O) groups excluding carboxylic acids is 1. The van der Waals surface area contributed by atoms with Gasteiger partial charge in [-0.3, -0.25) is 9.78 Å². The Labute approximate surface area is 183 Å². The van der Waals surface area contributed by atoms with Gasteiger partial charge in [-0.2, -0.15) is 13.2 Å². The summed E-state index contributed by atoms with van der Waals surface area (Å²) in [6.45, 7) is 1.71. The quantitative estimate of drug-likeness (QED) is 0.691. The normalized spacial score (nSPS) is 24.0. The maximum Gasteiger partial charge on any atom is 0.425 e. The van der Waals surface area contributed by atoms with E-state index >= 15 is 0 Å². The molecule has 3 heterocycles. The van der Waals surface area contributed by atoms with Crippen LogP contribution in [0.1, 0.15) is 29.4 Å². The third-order valence-corrected chi connectivity index (χ3v) is 5.81. The first-order valence-electron chi connectivity index (χ1n) is 10.1. The fourth-order valence-corrected chi connectivity index (χ4v) is 3.98. The number of rotatable bonds is 5. The number of pyridine rings is 1. The molecule has 0 radical (unpaired) electrons. The number of ether oxygens (including phenoxy) is 4. The van der Waals surface area contributed by atoms with E-state index in [9.17, 15) is 18.0 Å². The lowest BCUT2D eigenvalue weighted by Crippen LogP contribution is -2.53. The Balaban J connectivity index is 1.51. The minimum absolute atomic E-state index is 0.0484. The predicted molar refractivity (Wildman–Crippen MR) is 106 cm³/mol. The SMILES string of the molecule is COc1cc(C(=O)N2CCC3(c4ccccn4)OCOC3C2)ccc1OC(C)C(F)(F)F. The van der Waals surface area contributed by atoms with Gasteiger partial charge in [0.2, 0.25) is 0 Å². The van der Waals surface area contributed by atoms with Crippen LogP contribution in [0, 0.1) is 0 Å². The van der Waals surface area contributed by atoms with Crippen molar-refractivity contribution in [2.75, 3.05) is 27.0 Å². The second kappa shape index (κ2) is 8.59. The van der Waals surface area contributed by atoms with E-state index in [4.69, 9.17) is 18.9 Å². The van der Waals surface area contributed by atoms with Crippen LogP contribution in [0.2, 0.25) is 0 Å². The summed E-state index contributed by atoms with van der Waals surface area (Å²) < 4.78 is 60.3. The average Bonchev–Trinajstić information content (AvgIpc) is 3.23. The van der Waals surface area contributed by atoms with Crippen LogP contribution in [-0.4, -0.2) is 61.2 Å². The second-order valence-corrected chi connectivity index (χ2v) is 7.69. The molecule has 2 aliphatic rings. The van der Waals surface area contributed by atoms with Gasteiger partial charge in [0.25, 0.3) is 5.91 Å². The van der Waals surface area contributed by atoms with Crippen molar-refractivity contribution in [3.8, 4) is 11.5 Å². The Kier molecular flexibility index (Phi) is 6.00. The first-order chi connectivity index (χ1) is 15.2. The molecule has 1 aromatic heterocycles. The Bertz CT molecular complexity index is 972. The van der Waals surface area contributed by atoms with Gasteiger partial charge in [-0.25, -0.2) is 0 Å². The minimum Gasteiger partial charge on any atom is -0.493 e. The molecule has 2 aliphatic heterocycles. The molecule has 0 spiro atoms. The monoisotopic (exact) mass is 452 g/mol. The summed E-state index contributed by atoms with van der Waals surface area (Å²) in [6.07, 6.45) is -4.72. The standard InChI is InChI=1S/C22H23F3N2O5/c1-14(22(23,24)25)32-16-7-6-15(11-17(16)29-2)20(28)27-10-8-21(18-5-3-4-9-26-18)19(12-27)30-13-31-21/h3-7,9,11,14,19H,8,10,12-13H2,1-2H3. The summed E-state index contributed by atoms with van der Waals surface area (Å²) in [5.41, 5.74) is 0.330. The molecular formula is C22H23F3N2O5. The molecule has 0 bridgehead atoms. The largest absolute Gasteiger partial charge is 0.493 e. The molecular weight excluding hydrogens is 429 g/mol. The molecule has 32 heavy (non-hydrogen) atoms. The van der Waals surface area contributed by atoms with Gasteiger partial charge in [-0.15, -0.1) is 0 Å². The summed E-state index contributed by atoms with van der Waals surface area (Å²) >= 11 is 0. The van der Waals surface area contributed by atoms with Crippen LogP contribution in [0.25, 0.3) is 0 Å². The van der Waals surface area contributed by atoms with E-state index in [-0.39, 0.29) is 35.9 Å². The molecule has 3 unspecified atom stereocenters. The number of methoxy groups -OCH3 is 1. The van der Waals surface area contributed by atoms with Crippen LogP contribution in [0.5, 0.6) is 11.5 Å². The maximum absolute atomic E-state index is 13.1. The van der Waals surface area contributed by atoms with Gasteiger partial charge >= 0.3 is 6.18 Å². The molecule has 0 N–H and O–H groups in total. The number of benzene rings is 1. The van der Waals surface area contributed by atoms with Crippen LogP contribution < -0.4 is 9.47 Å². The highest BCUT2D eigenvalue weighted by molar-refractivity contribution is 5.95. The molecule has 0 saturated carbocycles. The molecule has 172 valence electrons. The molecule has 0 aliphatic carbocycles. The highest BCUT2D eigenvalue weighted by Gasteiger charge is 2.52. The molecule has 1 aromatic carbocycles. The Morgan fingerprint density at radius 2 is 2.09 bits per heavy atom. The lowest BCUT2D eigenvalue weighted by atomic mass is 9.85. The zero-order valence-electron chi connectivity index (χ0n) is 17.6. The van der Waals surface area contributed by atoms with Crippen LogP contribution in [0.3, 0.4) is 0 Å². The smallest absolute Gasteiger partial charge is 0.425 e. The Morgan fingerprint density at radius 3 is 2.78 bits per heavy atom. The van der Waals surface area contributed by atoms with Gasteiger partial charge in [0.05, 0.1) is 19.3 Å². The minimum atomic E-state index is -4.52. The molecule has 10 heteroatoms. The van der Waals surface area contributed by atoms with E-state index in [0.29, 0.717) is 19.5 Å². The van der Waals surface area contributed by atoms with Gasteiger partial charge in [0, 0.05) is 24.7 Å². The number of hydrogen-bond donors (Lipinski definition) is 0. The topological polar surface area (TPSA) is 70.1 Å². The second-order valence-electron chi connectivity index (χ2n) is 7.69. The fraction of sp³-hybridized carbons (Fsp3) is 0.455. The van der Waals surface area contributed by atoms with E-state index in [1.165, 1.54) is 25.3 Å². The number of hydrogen-bond acceptors (Lipinski definition) is 6. The highest BCUT2D eigenvalue weighted by Crippen LogP contribution is 2.42. The Morgan fingerprint density at radius 1 is 1.28 bits per heavy atom. The number of likely N-dealkylation sites (tertiary alicyclic amines) is 1. The summed E-state index contributed by atoms with van der Waals surface area (Å²) in [4.78, 5) is 19.2. The first-order valence-corrected chi connectivity index (χ1v) is 10.1. The van der Waals surface area contributed by atoms with Gasteiger partial charge in [0.15, 0.2) is 17.6 Å². The van der Waals surface area contributed by atoms with E-state index in [1.807, 2.05) is 18.2 Å².